The number of benzene rings is 2. The van der Waals surface area contributed by atoms with Crippen LogP contribution in [-0.2, 0) is 15.6 Å². The SMILES string of the molecule is Cc1ccc(SCC(=O)N2CC(C)S(=O)c3ccccc32)cc1. The summed E-state index contributed by atoms with van der Waals surface area (Å²) in [5.41, 5.74) is 2.00. The largest absolute Gasteiger partial charge is 0.309 e. The minimum atomic E-state index is -1.04. The van der Waals surface area contributed by atoms with Gasteiger partial charge in [0.15, 0.2) is 0 Å². The van der Waals surface area contributed by atoms with E-state index in [2.05, 4.69) is 0 Å². The minimum Gasteiger partial charge on any atom is -0.309 e. The van der Waals surface area contributed by atoms with E-state index in [1.165, 1.54) is 5.56 Å². The van der Waals surface area contributed by atoms with E-state index in [9.17, 15) is 9.00 Å². The second-order valence-electron chi connectivity index (χ2n) is 5.68. The van der Waals surface area contributed by atoms with Crippen LogP contribution < -0.4 is 4.90 Å². The van der Waals surface area contributed by atoms with Gasteiger partial charge in [0.2, 0.25) is 5.91 Å². The summed E-state index contributed by atoms with van der Waals surface area (Å²) in [4.78, 5) is 16.3. The van der Waals surface area contributed by atoms with Gasteiger partial charge in [-0.1, -0.05) is 29.8 Å². The van der Waals surface area contributed by atoms with Crippen molar-refractivity contribution in [2.45, 2.75) is 28.9 Å². The molecular formula is C18H19NO2S2. The smallest absolute Gasteiger partial charge is 0.237 e. The minimum absolute atomic E-state index is 0.0433. The first-order valence-corrected chi connectivity index (χ1v) is 9.75. The fraction of sp³-hybridized carbons (Fsp3) is 0.278. The van der Waals surface area contributed by atoms with Gasteiger partial charge in [0.25, 0.3) is 0 Å². The lowest BCUT2D eigenvalue weighted by Crippen LogP contribution is -2.43. The molecule has 0 bridgehead atoms. The van der Waals surface area contributed by atoms with Crippen molar-refractivity contribution in [3.8, 4) is 0 Å². The number of anilines is 1. The molecule has 2 aromatic rings. The highest BCUT2D eigenvalue weighted by molar-refractivity contribution is 8.00. The quantitative estimate of drug-likeness (QED) is 0.797. The molecule has 0 saturated heterocycles. The summed E-state index contributed by atoms with van der Waals surface area (Å²) < 4.78 is 12.4. The van der Waals surface area contributed by atoms with Gasteiger partial charge >= 0.3 is 0 Å². The molecule has 5 heteroatoms. The summed E-state index contributed by atoms with van der Waals surface area (Å²) in [5.74, 6) is 0.447. The van der Waals surface area contributed by atoms with Crippen molar-refractivity contribution in [3.63, 3.8) is 0 Å². The van der Waals surface area contributed by atoms with Crippen LogP contribution in [0.5, 0.6) is 0 Å². The van der Waals surface area contributed by atoms with Gasteiger partial charge in [0, 0.05) is 11.4 Å². The van der Waals surface area contributed by atoms with Crippen molar-refractivity contribution in [1.29, 1.82) is 0 Å². The highest BCUT2D eigenvalue weighted by Crippen LogP contribution is 2.32. The summed E-state index contributed by atoms with van der Waals surface area (Å²) >= 11 is 1.54. The second-order valence-corrected chi connectivity index (χ2v) is 8.57. The number of carbonyl (C=O) groups excluding carboxylic acids is 1. The van der Waals surface area contributed by atoms with Crippen molar-refractivity contribution in [3.05, 3.63) is 54.1 Å². The number of amides is 1. The van der Waals surface area contributed by atoms with E-state index in [0.29, 0.717) is 12.3 Å². The third kappa shape index (κ3) is 3.51. The normalized spacial score (nSPS) is 20.2. The van der Waals surface area contributed by atoms with Crippen LogP contribution in [0.3, 0.4) is 0 Å². The van der Waals surface area contributed by atoms with Crippen LogP contribution in [0.1, 0.15) is 12.5 Å². The van der Waals surface area contributed by atoms with Crippen molar-refractivity contribution >= 4 is 34.2 Å². The van der Waals surface area contributed by atoms with Crippen LogP contribution in [0.2, 0.25) is 0 Å². The topological polar surface area (TPSA) is 37.4 Å². The van der Waals surface area contributed by atoms with E-state index >= 15 is 0 Å². The van der Waals surface area contributed by atoms with E-state index < -0.39 is 10.8 Å². The average Bonchev–Trinajstić information content (AvgIpc) is 2.57. The fourth-order valence-electron chi connectivity index (χ4n) is 2.58. The number of fused-ring (bicyclic) bond motifs is 1. The molecule has 120 valence electrons. The van der Waals surface area contributed by atoms with E-state index in [0.717, 1.165) is 15.5 Å². The Hall–Kier alpha value is -1.59. The third-order valence-corrected chi connectivity index (χ3v) is 6.52. The van der Waals surface area contributed by atoms with Gasteiger partial charge in [-0.3, -0.25) is 9.00 Å². The Morgan fingerprint density at radius 2 is 1.91 bits per heavy atom. The van der Waals surface area contributed by atoms with Gasteiger partial charge in [-0.25, -0.2) is 0 Å². The van der Waals surface area contributed by atoms with Crippen LogP contribution in [0.25, 0.3) is 0 Å². The Labute approximate surface area is 143 Å². The molecule has 3 rings (SSSR count). The van der Waals surface area contributed by atoms with Crippen molar-refractivity contribution < 1.29 is 9.00 Å². The molecule has 3 nitrogen and oxygen atoms in total. The van der Waals surface area contributed by atoms with Gasteiger partial charge in [-0.15, -0.1) is 11.8 Å². The van der Waals surface area contributed by atoms with Gasteiger partial charge in [-0.05, 0) is 38.1 Å². The molecule has 23 heavy (non-hydrogen) atoms. The molecule has 0 saturated carbocycles. The van der Waals surface area contributed by atoms with Gasteiger partial charge in [0.05, 0.1) is 32.4 Å². The Bertz CT molecular complexity index is 743. The maximum atomic E-state index is 12.7. The maximum Gasteiger partial charge on any atom is 0.237 e. The summed E-state index contributed by atoms with van der Waals surface area (Å²) in [6.45, 7) is 4.49. The molecule has 0 aromatic heterocycles. The van der Waals surface area contributed by atoms with E-state index in [1.54, 1.807) is 16.7 Å². The molecule has 1 aliphatic heterocycles. The maximum absolute atomic E-state index is 12.7. The molecule has 1 heterocycles. The summed E-state index contributed by atoms with van der Waals surface area (Å²) in [5, 5.41) is -0.0433. The predicted molar refractivity (Wildman–Crippen MR) is 96.6 cm³/mol. The lowest BCUT2D eigenvalue weighted by atomic mass is 10.2. The Morgan fingerprint density at radius 3 is 2.65 bits per heavy atom. The number of carbonyl (C=O) groups is 1. The first-order valence-electron chi connectivity index (χ1n) is 7.55. The molecule has 0 N–H and O–H groups in total. The van der Waals surface area contributed by atoms with Crippen LogP contribution in [0, 0.1) is 6.92 Å². The molecule has 0 aliphatic carbocycles. The number of aryl methyl sites for hydroxylation is 1. The van der Waals surface area contributed by atoms with Crippen LogP contribution >= 0.6 is 11.8 Å². The molecule has 2 atom stereocenters. The highest BCUT2D eigenvalue weighted by atomic mass is 32.2. The van der Waals surface area contributed by atoms with Crippen molar-refractivity contribution in [2.75, 3.05) is 17.2 Å². The molecule has 0 fully saturated rings. The zero-order valence-corrected chi connectivity index (χ0v) is 14.8. The van der Waals surface area contributed by atoms with Crippen molar-refractivity contribution in [2.24, 2.45) is 0 Å². The van der Waals surface area contributed by atoms with Gasteiger partial charge in [-0.2, -0.15) is 0 Å². The summed E-state index contributed by atoms with van der Waals surface area (Å²) in [7, 11) is -1.04. The Kier molecular flexibility index (Phi) is 4.87. The molecule has 2 unspecified atom stereocenters. The fourth-order valence-corrected chi connectivity index (χ4v) is 4.67. The molecule has 2 aromatic carbocycles. The monoisotopic (exact) mass is 345 g/mol. The Balaban J connectivity index is 1.76. The van der Waals surface area contributed by atoms with Crippen LogP contribution in [0.4, 0.5) is 5.69 Å². The van der Waals surface area contributed by atoms with E-state index in [1.807, 2.05) is 62.4 Å². The first kappa shape index (κ1) is 16.3. The van der Waals surface area contributed by atoms with E-state index in [4.69, 9.17) is 0 Å². The van der Waals surface area contributed by atoms with Gasteiger partial charge in [0.1, 0.15) is 0 Å². The molecule has 0 radical (unpaired) electrons. The summed E-state index contributed by atoms with van der Waals surface area (Å²) in [6, 6.07) is 15.7. The second kappa shape index (κ2) is 6.89. The van der Waals surface area contributed by atoms with Crippen molar-refractivity contribution in [1.82, 2.24) is 0 Å². The zero-order valence-electron chi connectivity index (χ0n) is 13.2. The number of rotatable bonds is 3. The average molecular weight is 345 g/mol. The lowest BCUT2D eigenvalue weighted by molar-refractivity contribution is -0.116. The number of hydrogen-bond donors (Lipinski definition) is 0. The number of nitrogens with zero attached hydrogens (tertiary/aromatic N) is 1. The molecular weight excluding hydrogens is 326 g/mol. The first-order chi connectivity index (χ1) is 11.1. The Morgan fingerprint density at radius 1 is 1.22 bits per heavy atom. The number of hydrogen-bond acceptors (Lipinski definition) is 3. The van der Waals surface area contributed by atoms with Gasteiger partial charge < -0.3 is 4.90 Å². The zero-order chi connectivity index (χ0) is 16.4. The molecule has 1 amide bonds. The number of thioether (sulfide) groups is 1. The van der Waals surface area contributed by atoms with E-state index in [-0.39, 0.29) is 11.2 Å². The van der Waals surface area contributed by atoms with Crippen LogP contribution in [-0.4, -0.2) is 27.7 Å². The number of para-hydroxylation sites is 1. The summed E-state index contributed by atoms with van der Waals surface area (Å²) in [6.07, 6.45) is 0. The van der Waals surface area contributed by atoms with Crippen LogP contribution in [0.15, 0.2) is 58.3 Å². The predicted octanol–water partition coefficient (Wildman–Crippen LogP) is 3.63. The highest BCUT2D eigenvalue weighted by Gasteiger charge is 2.30. The lowest BCUT2D eigenvalue weighted by Gasteiger charge is -2.32. The molecule has 1 aliphatic rings. The standard InChI is InChI=1S/C18H19NO2S2/c1-13-7-9-15(10-8-13)22-12-18(20)19-11-14(2)23(21)17-6-4-3-5-16(17)19/h3-10,14H,11-12H2,1-2H3. The third-order valence-electron chi connectivity index (χ3n) is 3.86. The molecule has 0 spiro atoms.